The summed E-state index contributed by atoms with van der Waals surface area (Å²) in [6, 6.07) is 4.56. The van der Waals surface area contributed by atoms with Gasteiger partial charge in [0.15, 0.2) is 5.79 Å². The summed E-state index contributed by atoms with van der Waals surface area (Å²) in [6.45, 7) is 1.82. The zero-order valence-corrected chi connectivity index (χ0v) is 11.3. The van der Waals surface area contributed by atoms with Gasteiger partial charge in [-0.1, -0.05) is 12.1 Å². The van der Waals surface area contributed by atoms with Crippen LogP contribution in [-0.2, 0) is 26.2 Å². The van der Waals surface area contributed by atoms with E-state index >= 15 is 0 Å². The van der Waals surface area contributed by atoms with E-state index in [4.69, 9.17) is 14.6 Å². The molecule has 1 saturated heterocycles. The zero-order chi connectivity index (χ0) is 15.7. The Morgan fingerprint density at radius 2 is 2.00 bits per heavy atom. The van der Waals surface area contributed by atoms with Crippen LogP contribution in [0.3, 0.4) is 0 Å². The van der Waals surface area contributed by atoms with Crippen LogP contribution in [0, 0.1) is 0 Å². The van der Waals surface area contributed by atoms with Crippen LogP contribution in [0.15, 0.2) is 24.3 Å². The van der Waals surface area contributed by atoms with E-state index in [1.807, 2.05) is 0 Å². The lowest BCUT2D eigenvalue weighted by Crippen LogP contribution is -2.24. The molecule has 0 aromatic heterocycles. The lowest BCUT2D eigenvalue weighted by Gasteiger charge is -2.24. The van der Waals surface area contributed by atoms with Gasteiger partial charge in [-0.05, 0) is 25.5 Å². The second-order valence-electron chi connectivity index (χ2n) is 5.00. The Morgan fingerprint density at radius 1 is 1.38 bits per heavy atom. The number of carbonyl (C=O) groups is 1. The maximum Gasteiger partial charge on any atom is 0.416 e. The number of carboxylic acids is 1. The molecule has 0 spiro atoms. The number of halogens is 3. The molecule has 1 fully saturated rings. The lowest BCUT2D eigenvalue weighted by molar-refractivity contribution is -0.164. The predicted molar refractivity (Wildman–Crippen MR) is 66.5 cm³/mol. The fourth-order valence-corrected chi connectivity index (χ4v) is 2.18. The van der Waals surface area contributed by atoms with Gasteiger partial charge in [-0.2, -0.15) is 13.2 Å². The maximum atomic E-state index is 12.5. The third kappa shape index (κ3) is 3.74. The molecule has 4 nitrogen and oxygen atoms in total. The Hall–Kier alpha value is -1.60. The first-order valence-corrected chi connectivity index (χ1v) is 6.42. The molecule has 116 valence electrons. The molecule has 1 aliphatic heterocycles. The van der Waals surface area contributed by atoms with E-state index in [0.29, 0.717) is 12.0 Å². The summed E-state index contributed by atoms with van der Waals surface area (Å²) in [6.07, 6.45) is -4.52. The minimum atomic E-state index is -4.39. The number of rotatable bonds is 4. The Kier molecular flexibility index (Phi) is 4.25. The summed E-state index contributed by atoms with van der Waals surface area (Å²) in [4.78, 5) is 10.5. The standard InChI is InChI=1S/C14H15F3O4/c1-13(20-8-11(21-13)6-7-12(18)19)9-2-4-10(5-3-9)14(15,16)17/h2-5,11H,6-8H2,1H3,(H,18,19). The number of carboxylic acid groups (broad SMARTS) is 1. The van der Waals surface area contributed by atoms with E-state index in [2.05, 4.69) is 0 Å². The van der Waals surface area contributed by atoms with Crippen LogP contribution in [0.1, 0.15) is 30.9 Å². The zero-order valence-electron chi connectivity index (χ0n) is 11.3. The van der Waals surface area contributed by atoms with Gasteiger partial charge in [-0.25, -0.2) is 0 Å². The predicted octanol–water partition coefficient (Wildman–Crippen LogP) is 3.16. The second-order valence-corrected chi connectivity index (χ2v) is 5.00. The van der Waals surface area contributed by atoms with Crippen molar-refractivity contribution in [1.29, 1.82) is 0 Å². The van der Waals surface area contributed by atoms with Crippen molar-refractivity contribution in [3.05, 3.63) is 35.4 Å². The molecule has 0 radical (unpaired) electrons. The molecule has 1 heterocycles. The molecule has 1 aromatic carbocycles. The molecule has 0 bridgehead atoms. The van der Waals surface area contributed by atoms with Gasteiger partial charge in [0.2, 0.25) is 0 Å². The number of hydrogen-bond donors (Lipinski definition) is 1. The van der Waals surface area contributed by atoms with E-state index in [0.717, 1.165) is 12.1 Å². The maximum absolute atomic E-state index is 12.5. The quantitative estimate of drug-likeness (QED) is 0.928. The molecule has 1 N–H and O–H groups in total. The molecule has 1 aromatic rings. The van der Waals surface area contributed by atoms with Crippen molar-refractivity contribution < 1.29 is 32.5 Å². The van der Waals surface area contributed by atoms with E-state index in [9.17, 15) is 18.0 Å². The van der Waals surface area contributed by atoms with Crippen molar-refractivity contribution in [3.8, 4) is 0 Å². The van der Waals surface area contributed by atoms with Gasteiger partial charge in [0.25, 0.3) is 0 Å². The highest BCUT2D eigenvalue weighted by Crippen LogP contribution is 2.37. The second kappa shape index (κ2) is 5.65. The average molecular weight is 304 g/mol. The van der Waals surface area contributed by atoms with Crippen LogP contribution < -0.4 is 0 Å². The van der Waals surface area contributed by atoms with Crippen molar-refractivity contribution in [2.24, 2.45) is 0 Å². The average Bonchev–Trinajstić information content (AvgIpc) is 2.79. The number of ether oxygens (including phenoxy) is 2. The topological polar surface area (TPSA) is 55.8 Å². The smallest absolute Gasteiger partial charge is 0.416 e. The van der Waals surface area contributed by atoms with E-state index in [1.165, 1.54) is 12.1 Å². The minimum absolute atomic E-state index is 0.0445. The summed E-state index contributed by atoms with van der Waals surface area (Å²) in [5.74, 6) is -2.07. The summed E-state index contributed by atoms with van der Waals surface area (Å²) >= 11 is 0. The summed E-state index contributed by atoms with van der Waals surface area (Å²) < 4.78 is 48.7. The molecule has 7 heteroatoms. The van der Waals surface area contributed by atoms with Crippen LogP contribution >= 0.6 is 0 Å². The highest BCUT2D eigenvalue weighted by atomic mass is 19.4. The molecule has 2 rings (SSSR count). The molecule has 0 aliphatic carbocycles. The van der Waals surface area contributed by atoms with Crippen molar-refractivity contribution >= 4 is 5.97 Å². The molecule has 2 atom stereocenters. The van der Waals surface area contributed by atoms with Crippen LogP contribution in [0.25, 0.3) is 0 Å². The third-order valence-corrected chi connectivity index (χ3v) is 3.35. The fraction of sp³-hybridized carbons (Fsp3) is 0.500. The van der Waals surface area contributed by atoms with Crippen molar-refractivity contribution in [3.63, 3.8) is 0 Å². The molecule has 0 saturated carbocycles. The normalized spacial score (nSPS) is 26.0. The molecular formula is C14H15F3O4. The highest BCUT2D eigenvalue weighted by molar-refractivity contribution is 5.66. The first-order chi connectivity index (χ1) is 9.71. The van der Waals surface area contributed by atoms with Gasteiger partial charge in [0.05, 0.1) is 18.3 Å². The number of hydrogen-bond acceptors (Lipinski definition) is 3. The first-order valence-electron chi connectivity index (χ1n) is 6.42. The number of benzene rings is 1. The van der Waals surface area contributed by atoms with Gasteiger partial charge < -0.3 is 14.6 Å². The van der Waals surface area contributed by atoms with Crippen molar-refractivity contribution in [1.82, 2.24) is 0 Å². The van der Waals surface area contributed by atoms with E-state index < -0.39 is 23.5 Å². The van der Waals surface area contributed by atoms with E-state index in [-0.39, 0.29) is 19.1 Å². The highest BCUT2D eigenvalue weighted by Gasteiger charge is 2.39. The number of alkyl halides is 3. The molecule has 1 aliphatic rings. The SMILES string of the molecule is CC1(c2ccc(C(F)(F)F)cc2)OCC(CCC(=O)O)O1. The Balaban J connectivity index is 2.06. The van der Waals surface area contributed by atoms with Crippen LogP contribution in [0.2, 0.25) is 0 Å². The van der Waals surface area contributed by atoms with Gasteiger partial charge in [0.1, 0.15) is 0 Å². The minimum Gasteiger partial charge on any atom is -0.481 e. The molecule has 2 unspecified atom stereocenters. The Labute approximate surface area is 119 Å². The monoisotopic (exact) mass is 304 g/mol. The van der Waals surface area contributed by atoms with Crippen LogP contribution in [-0.4, -0.2) is 23.8 Å². The summed E-state index contributed by atoms with van der Waals surface area (Å²) in [5, 5.41) is 8.62. The molecule has 0 amide bonds. The summed E-state index contributed by atoms with van der Waals surface area (Å²) in [7, 11) is 0. The largest absolute Gasteiger partial charge is 0.481 e. The van der Waals surface area contributed by atoms with Crippen LogP contribution in [0.5, 0.6) is 0 Å². The Morgan fingerprint density at radius 3 is 2.52 bits per heavy atom. The Bertz CT molecular complexity index is 512. The fourth-order valence-electron chi connectivity index (χ4n) is 2.18. The van der Waals surface area contributed by atoms with Gasteiger partial charge in [0, 0.05) is 12.0 Å². The molecule has 21 heavy (non-hydrogen) atoms. The van der Waals surface area contributed by atoms with Gasteiger partial charge in [-0.3, -0.25) is 4.79 Å². The van der Waals surface area contributed by atoms with Crippen molar-refractivity contribution in [2.75, 3.05) is 6.61 Å². The lowest BCUT2D eigenvalue weighted by atomic mass is 10.0. The van der Waals surface area contributed by atoms with Crippen LogP contribution in [0.4, 0.5) is 13.2 Å². The third-order valence-electron chi connectivity index (χ3n) is 3.35. The van der Waals surface area contributed by atoms with Crippen molar-refractivity contribution in [2.45, 2.75) is 37.8 Å². The van der Waals surface area contributed by atoms with Gasteiger partial charge in [-0.15, -0.1) is 0 Å². The van der Waals surface area contributed by atoms with E-state index in [1.54, 1.807) is 6.92 Å². The molecular weight excluding hydrogens is 289 g/mol. The van der Waals surface area contributed by atoms with Gasteiger partial charge >= 0.3 is 12.1 Å². The first kappa shape index (κ1) is 15.8. The summed E-state index contributed by atoms with van der Waals surface area (Å²) in [5.41, 5.74) is -0.274. The number of aliphatic carboxylic acids is 1.